The molecule has 0 aliphatic rings. The number of hydroxylamine groups is 2. The topological polar surface area (TPSA) is 32.7 Å². The fourth-order valence-electron chi connectivity index (χ4n) is 1.70. The zero-order valence-corrected chi connectivity index (χ0v) is 10.3. The first-order chi connectivity index (χ1) is 7.67. The highest BCUT2D eigenvalue weighted by molar-refractivity contribution is 5.28. The van der Waals surface area contributed by atoms with Gasteiger partial charge in [0.25, 0.3) is 0 Å². The van der Waals surface area contributed by atoms with Gasteiger partial charge in [-0.3, -0.25) is 0 Å². The minimum absolute atomic E-state index is 0.132. The van der Waals surface area contributed by atoms with E-state index >= 15 is 0 Å². The van der Waals surface area contributed by atoms with Crippen molar-refractivity contribution in [3.05, 3.63) is 29.8 Å². The third kappa shape index (κ3) is 3.83. The van der Waals surface area contributed by atoms with Gasteiger partial charge in [-0.2, -0.15) is 5.06 Å². The maximum Gasteiger partial charge on any atom is 0.119 e. The molecule has 1 rings (SSSR count). The Morgan fingerprint density at radius 2 is 2.19 bits per heavy atom. The van der Waals surface area contributed by atoms with Crippen LogP contribution in [-0.4, -0.2) is 30.0 Å². The molecule has 0 bridgehead atoms. The van der Waals surface area contributed by atoms with Crippen LogP contribution in [0.4, 0.5) is 0 Å². The summed E-state index contributed by atoms with van der Waals surface area (Å²) in [5, 5.41) is 11.1. The Morgan fingerprint density at radius 3 is 2.81 bits per heavy atom. The van der Waals surface area contributed by atoms with Crippen LogP contribution in [-0.2, 0) is 6.42 Å². The molecule has 0 amide bonds. The van der Waals surface area contributed by atoms with Gasteiger partial charge >= 0.3 is 0 Å². The minimum Gasteiger partial charge on any atom is -0.497 e. The van der Waals surface area contributed by atoms with E-state index < -0.39 is 0 Å². The quantitative estimate of drug-likeness (QED) is 0.753. The summed E-state index contributed by atoms with van der Waals surface area (Å²) >= 11 is 0. The van der Waals surface area contributed by atoms with Crippen LogP contribution in [0.25, 0.3) is 0 Å². The van der Waals surface area contributed by atoms with Gasteiger partial charge in [-0.1, -0.05) is 19.1 Å². The van der Waals surface area contributed by atoms with Crippen LogP contribution in [0.15, 0.2) is 24.3 Å². The number of hydrogen-bond acceptors (Lipinski definition) is 3. The molecular formula is C13H21NO2. The van der Waals surface area contributed by atoms with Crippen molar-refractivity contribution in [1.82, 2.24) is 5.06 Å². The Bertz CT molecular complexity index is 315. The molecular weight excluding hydrogens is 202 g/mol. The number of methoxy groups -OCH3 is 1. The van der Waals surface area contributed by atoms with Crippen molar-refractivity contribution < 1.29 is 9.94 Å². The molecule has 3 heteroatoms. The van der Waals surface area contributed by atoms with Gasteiger partial charge in [-0.05, 0) is 37.5 Å². The van der Waals surface area contributed by atoms with Gasteiger partial charge in [0.2, 0.25) is 0 Å². The second-order valence-electron chi connectivity index (χ2n) is 4.07. The Balaban J connectivity index is 2.58. The maximum atomic E-state index is 9.71. The van der Waals surface area contributed by atoms with E-state index in [1.807, 2.05) is 25.1 Å². The van der Waals surface area contributed by atoms with E-state index in [0.29, 0.717) is 6.54 Å². The molecule has 0 spiro atoms. The van der Waals surface area contributed by atoms with Crippen molar-refractivity contribution in [1.29, 1.82) is 0 Å². The summed E-state index contributed by atoms with van der Waals surface area (Å²) < 4.78 is 5.17. The SMILES string of the molecule is CCCN(O)C(C)Cc1cccc(OC)c1. The average Bonchev–Trinajstić information content (AvgIpc) is 2.29. The van der Waals surface area contributed by atoms with Crippen LogP contribution in [0.3, 0.4) is 0 Å². The zero-order chi connectivity index (χ0) is 12.0. The van der Waals surface area contributed by atoms with Crippen molar-refractivity contribution in [2.75, 3.05) is 13.7 Å². The molecule has 0 radical (unpaired) electrons. The smallest absolute Gasteiger partial charge is 0.119 e. The van der Waals surface area contributed by atoms with Crippen LogP contribution in [0.5, 0.6) is 5.75 Å². The second-order valence-corrected chi connectivity index (χ2v) is 4.07. The first-order valence-electron chi connectivity index (χ1n) is 5.75. The Morgan fingerprint density at radius 1 is 1.44 bits per heavy atom. The number of hydrogen-bond donors (Lipinski definition) is 1. The highest BCUT2D eigenvalue weighted by Crippen LogP contribution is 2.15. The highest BCUT2D eigenvalue weighted by atomic mass is 16.5. The van der Waals surface area contributed by atoms with Crippen LogP contribution >= 0.6 is 0 Å². The Hall–Kier alpha value is -1.06. The monoisotopic (exact) mass is 223 g/mol. The van der Waals surface area contributed by atoms with Crippen LogP contribution in [0, 0.1) is 0 Å². The fraction of sp³-hybridized carbons (Fsp3) is 0.538. The van der Waals surface area contributed by atoms with Crippen LogP contribution in [0.2, 0.25) is 0 Å². The molecule has 16 heavy (non-hydrogen) atoms. The largest absolute Gasteiger partial charge is 0.497 e. The fourth-order valence-corrected chi connectivity index (χ4v) is 1.70. The molecule has 0 aliphatic carbocycles. The molecule has 0 heterocycles. The maximum absolute atomic E-state index is 9.71. The van der Waals surface area contributed by atoms with Crippen molar-refractivity contribution >= 4 is 0 Å². The predicted molar refractivity (Wildman–Crippen MR) is 64.9 cm³/mol. The summed E-state index contributed by atoms with van der Waals surface area (Å²) in [7, 11) is 1.66. The summed E-state index contributed by atoms with van der Waals surface area (Å²) in [5.41, 5.74) is 1.18. The number of rotatable bonds is 6. The van der Waals surface area contributed by atoms with E-state index in [1.165, 1.54) is 10.6 Å². The lowest BCUT2D eigenvalue weighted by atomic mass is 10.1. The lowest BCUT2D eigenvalue weighted by Crippen LogP contribution is -2.32. The minimum atomic E-state index is 0.132. The van der Waals surface area contributed by atoms with E-state index in [2.05, 4.69) is 13.0 Å². The number of ether oxygens (including phenoxy) is 1. The highest BCUT2D eigenvalue weighted by Gasteiger charge is 2.10. The van der Waals surface area contributed by atoms with Crippen molar-refractivity contribution in [2.45, 2.75) is 32.7 Å². The van der Waals surface area contributed by atoms with E-state index in [0.717, 1.165) is 18.6 Å². The summed E-state index contributed by atoms with van der Waals surface area (Å²) in [6, 6.07) is 8.10. The molecule has 1 unspecified atom stereocenters. The summed E-state index contributed by atoms with van der Waals surface area (Å²) in [4.78, 5) is 0. The third-order valence-corrected chi connectivity index (χ3v) is 2.63. The molecule has 0 aliphatic heterocycles. The number of benzene rings is 1. The Labute approximate surface area is 97.6 Å². The molecule has 1 N–H and O–H groups in total. The first-order valence-corrected chi connectivity index (χ1v) is 5.75. The van der Waals surface area contributed by atoms with E-state index in [9.17, 15) is 5.21 Å². The molecule has 0 saturated heterocycles. The lowest BCUT2D eigenvalue weighted by molar-refractivity contribution is -0.121. The normalized spacial score (nSPS) is 12.8. The van der Waals surface area contributed by atoms with E-state index in [4.69, 9.17) is 4.74 Å². The summed E-state index contributed by atoms with van der Waals surface area (Å²) in [5.74, 6) is 0.865. The Kier molecular flexibility index (Phi) is 5.29. The van der Waals surface area contributed by atoms with Gasteiger partial charge in [0, 0.05) is 12.6 Å². The number of nitrogens with zero attached hydrogens (tertiary/aromatic N) is 1. The molecule has 0 saturated carbocycles. The van der Waals surface area contributed by atoms with Gasteiger partial charge in [-0.25, -0.2) is 0 Å². The summed E-state index contributed by atoms with van der Waals surface area (Å²) in [6.45, 7) is 4.79. The average molecular weight is 223 g/mol. The molecule has 1 aromatic rings. The lowest BCUT2D eigenvalue weighted by Gasteiger charge is -2.22. The third-order valence-electron chi connectivity index (χ3n) is 2.63. The zero-order valence-electron chi connectivity index (χ0n) is 10.3. The van der Waals surface area contributed by atoms with Gasteiger partial charge in [0.15, 0.2) is 0 Å². The molecule has 0 aromatic heterocycles. The van der Waals surface area contributed by atoms with E-state index in [-0.39, 0.29) is 6.04 Å². The van der Waals surface area contributed by atoms with Gasteiger partial charge in [0.1, 0.15) is 5.75 Å². The van der Waals surface area contributed by atoms with Crippen LogP contribution < -0.4 is 4.74 Å². The molecule has 3 nitrogen and oxygen atoms in total. The first kappa shape index (κ1) is 13.0. The van der Waals surface area contributed by atoms with Gasteiger partial charge < -0.3 is 9.94 Å². The molecule has 90 valence electrons. The van der Waals surface area contributed by atoms with Gasteiger partial charge in [-0.15, -0.1) is 0 Å². The molecule has 0 fully saturated rings. The molecule has 1 aromatic carbocycles. The van der Waals surface area contributed by atoms with Gasteiger partial charge in [0.05, 0.1) is 7.11 Å². The standard InChI is InChI=1S/C13H21NO2/c1-4-8-14(15)11(2)9-12-6-5-7-13(10-12)16-3/h5-7,10-11,15H,4,8-9H2,1-3H3. The second kappa shape index (κ2) is 6.51. The predicted octanol–water partition coefficient (Wildman–Crippen LogP) is 2.73. The van der Waals surface area contributed by atoms with Crippen molar-refractivity contribution in [3.8, 4) is 5.75 Å². The molecule has 1 atom stereocenters. The van der Waals surface area contributed by atoms with Crippen molar-refractivity contribution in [2.24, 2.45) is 0 Å². The summed E-state index contributed by atoms with van der Waals surface area (Å²) in [6.07, 6.45) is 1.78. The van der Waals surface area contributed by atoms with Crippen LogP contribution in [0.1, 0.15) is 25.8 Å². The van der Waals surface area contributed by atoms with Crippen molar-refractivity contribution in [3.63, 3.8) is 0 Å². The van der Waals surface area contributed by atoms with E-state index in [1.54, 1.807) is 7.11 Å².